The van der Waals surface area contributed by atoms with Crippen molar-refractivity contribution in [3.05, 3.63) is 58.7 Å². The molecule has 0 radical (unpaired) electrons. The number of benzene rings is 2. The molecule has 4 aromatic rings. The number of Topliss-reactive ketones (excluding diaryl/α,β-unsaturated/α-hetero) is 1. The van der Waals surface area contributed by atoms with Crippen molar-refractivity contribution in [2.24, 2.45) is 5.92 Å². The minimum Gasteiger partial charge on any atom is -0.423 e. The number of carbonyl (C=O) groups is 1. The third kappa shape index (κ3) is 3.60. The van der Waals surface area contributed by atoms with Crippen molar-refractivity contribution < 1.29 is 9.21 Å². The van der Waals surface area contributed by atoms with Gasteiger partial charge in [0.1, 0.15) is 11.2 Å². The number of carbonyl (C=O) groups excluding carboxylic acids is 1. The van der Waals surface area contributed by atoms with E-state index in [1.54, 1.807) is 18.3 Å². The third-order valence-electron chi connectivity index (χ3n) is 6.64. The predicted octanol–water partition coefficient (Wildman–Crippen LogP) is 5.83. The van der Waals surface area contributed by atoms with Crippen LogP contribution in [0.5, 0.6) is 0 Å². The Balaban J connectivity index is 1.28. The highest BCUT2D eigenvalue weighted by Crippen LogP contribution is 2.41. The van der Waals surface area contributed by atoms with Gasteiger partial charge < -0.3 is 14.2 Å². The summed E-state index contributed by atoms with van der Waals surface area (Å²) in [5.74, 6) is 0.614. The SMILES string of the molecule is CC(=O)c1nc(N2CC[C@H]3CN(c4nc5cc(Cl)ccc5o4)[C@H]3C2)sc1-c1cccc(C)c1. The smallest absolute Gasteiger partial charge is 0.298 e. The second-order valence-corrected chi connectivity index (χ2v) is 10.3. The van der Waals surface area contributed by atoms with Gasteiger partial charge in [-0.25, -0.2) is 4.98 Å². The first kappa shape index (κ1) is 20.7. The zero-order chi connectivity index (χ0) is 22.7. The molecule has 0 bridgehead atoms. The highest BCUT2D eigenvalue weighted by atomic mass is 35.5. The molecule has 4 heterocycles. The van der Waals surface area contributed by atoms with Crippen LogP contribution in [0.3, 0.4) is 0 Å². The number of hydrogen-bond donors (Lipinski definition) is 0. The zero-order valence-electron chi connectivity index (χ0n) is 18.4. The fourth-order valence-electron chi connectivity index (χ4n) is 4.87. The van der Waals surface area contributed by atoms with Crippen LogP contribution in [0.1, 0.15) is 29.4 Å². The van der Waals surface area contributed by atoms with Crippen LogP contribution in [-0.4, -0.2) is 41.4 Å². The van der Waals surface area contributed by atoms with E-state index < -0.39 is 0 Å². The molecule has 2 aliphatic heterocycles. The Morgan fingerprint density at radius 1 is 1.18 bits per heavy atom. The highest BCUT2D eigenvalue weighted by molar-refractivity contribution is 7.19. The number of thiazole rings is 1. The number of rotatable bonds is 4. The van der Waals surface area contributed by atoms with Gasteiger partial charge in [-0.1, -0.05) is 52.8 Å². The van der Waals surface area contributed by atoms with Gasteiger partial charge in [0.05, 0.1) is 10.9 Å². The maximum absolute atomic E-state index is 12.4. The molecule has 2 saturated heterocycles. The third-order valence-corrected chi connectivity index (χ3v) is 8.04. The maximum Gasteiger partial charge on any atom is 0.298 e. The number of aromatic nitrogens is 2. The standard InChI is InChI=1S/C25H23ClN4O2S/c1-14-4-3-5-16(10-14)23-22(15(2)31)28-25(33-23)29-9-8-17-12-30(20(17)13-29)24-27-19-11-18(26)6-7-21(19)32-24/h3-7,10-11,17,20H,8-9,12-13H2,1-2H3/t17-,20-/m0/s1. The van der Waals surface area contributed by atoms with E-state index in [1.165, 1.54) is 5.56 Å². The topological polar surface area (TPSA) is 62.5 Å². The summed E-state index contributed by atoms with van der Waals surface area (Å²) in [4.78, 5) is 27.3. The monoisotopic (exact) mass is 478 g/mol. The number of oxazole rings is 1. The Morgan fingerprint density at radius 2 is 2.06 bits per heavy atom. The molecule has 0 spiro atoms. The summed E-state index contributed by atoms with van der Waals surface area (Å²) in [5, 5.41) is 1.56. The van der Waals surface area contributed by atoms with E-state index >= 15 is 0 Å². The van der Waals surface area contributed by atoms with Crippen LogP contribution >= 0.6 is 22.9 Å². The van der Waals surface area contributed by atoms with Crippen molar-refractivity contribution in [3.8, 4) is 10.4 Å². The summed E-state index contributed by atoms with van der Waals surface area (Å²) < 4.78 is 6.02. The summed E-state index contributed by atoms with van der Waals surface area (Å²) in [6, 6.07) is 14.7. The Labute approximate surface area is 200 Å². The van der Waals surface area contributed by atoms with Crippen LogP contribution in [0.15, 0.2) is 46.9 Å². The molecule has 2 aromatic carbocycles. The number of hydrogen-bond acceptors (Lipinski definition) is 7. The number of nitrogens with zero attached hydrogens (tertiary/aromatic N) is 4. The quantitative estimate of drug-likeness (QED) is 0.344. The molecule has 0 aliphatic carbocycles. The molecule has 2 atom stereocenters. The summed E-state index contributed by atoms with van der Waals surface area (Å²) in [5.41, 5.74) is 4.31. The van der Waals surface area contributed by atoms with Crippen LogP contribution in [0.4, 0.5) is 11.1 Å². The summed E-state index contributed by atoms with van der Waals surface area (Å²) in [7, 11) is 0. The van der Waals surface area contributed by atoms with Crippen molar-refractivity contribution in [2.45, 2.75) is 26.3 Å². The molecule has 2 aliphatic rings. The molecular formula is C25H23ClN4O2S. The summed E-state index contributed by atoms with van der Waals surface area (Å²) in [6.07, 6.45) is 1.09. The van der Waals surface area contributed by atoms with Crippen molar-refractivity contribution in [1.29, 1.82) is 0 Å². The van der Waals surface area contributed by atoms with Gasteiger partial charge in [0.2, 0.25) is 0 Å². The van der Waals surface area contributed by atoms with Crippen molar-refractivity contribution in [2.75, 3.05) is 29.4 Å². The highest BCUT2D eigenvalue weighted by Gasteiger charge is 2.45. The predicted molar refractivity (Wildman–Crippen MR) is 133 cm³/mol. The number of fused-ring (bicyclic) bond motifs is 2. The average Bonchev–Trinajstić information content (AvgIpc) is 3.39. The fraction of sp³-hybridized carbons (Fsp3) is 0.320. The Bertz CT molecular complexity index is 1380. The van der Waals surface area contributed by atoms with Crippen molar-refractivity contribution in [3.63, 3.8) is 0 Å². The normalized spacial score (nSPS) is 20.1. The van der Waals surface area contributed by atoms with Crippen LogP contribution in [0.2, 0.25) is 5.02 Å². The lowest BCUT2D eigenvalue weighted by Gasteiger charge is -2.52. The van der Waals surface area contributed by atoms with E-state index in [-0.39, 0.29) is 5.78 Å². The van der Waals surface area contributed by atoms with Crippen LogP contribution in [0, 0.1) is 12.8 Å². The van der Waals surface area contributed by atoms with Crippen molar-refractivity contribution >= 4 is 51.0 Å². The second kappa shape index (κ2) is 7.85. The van der Waals surface area contributed by atoms with E-state index in [2.05, 4.69) is 39.9 Å². The molecule has 6 rings (SSSR count). The summed E-state index contributed by atoms with van der Waals surface area (Å²) in [6.45, 7) is 6.38. The lowest BCUT2D eigenvalue weighted by Crippen LogP contribution is -2.64. The fourth-order valence-corrected chi connectivity index (χ4v) is 6.18. The van der Waals surface area contributed by atoms with Gasteiger partial charge in [-0.05, 0) is 37.1 Å². The molecule has 168 valence electrons. The molecule has 6 nitrogen and oxygen atoms in total. The minimum absolute atomic E-state index is 0.000649. The largest absolute Gasteiger partial charge is 0.423 e. The molecule has 8 heteroatoms. The molecule has 0 unspecified atom stereocenters. The number of ketones is 1. The molecule has 2 fully saturated rings. The van der Waals surface area contributed by atoms with Crippen LogP contribution in [-0.2, 0) is 0 Å². The van der Waals surface area contributed by atoms with E-state index in [4.69, 9.17) is 21.0 Å². The van der Waals surface area contributed by atoms with Crippen LogP contribution < -0.4 is 9.80 Å². The molecule has 2 aromatic heterocycles. The molecule has 0 amide bonds. The van der Waals surface area contributed by atoms with Gasteiger partial charge >= 0.3 is 0 Å². The summed E-state index contributed by atoms with van der Waals surface area (Å²) >= 11 is 7.72. The van der Waals surface area contributed by atoms with Crippen LogP contribution in [0.25, 0.3) is 21.5 Å². The van der Waals surface area contributed by atoms with Gasteiger partial charge in [-0.3, -0.25) is 4.79 Å². The van der Waals surface area contributed by atoms with Gasteiger partial charge in [0.15, 0.2) is 16.5 Å². The van der Waals surface area contributed by atoms with Gasteiger partial charge in [-0.2, -0.15) is 4.98 Å². The van der Waals surface area contributed by atoms with Crippen molar-refractivity contribution in [1.82, 2.24) is 9.97 Å². The van der Waals surface area contributed by atoms with E-state index in [0.717, 1.165) is 52.7 Å². The number of anilines is 2. The number of aryl methyl sites for hydroxylation is 1. The van der Waals surface area contributed by atoms with Gasteiger partial charge in [-0.15, -0.1) is 0 Å². The van der Waals surface area contributed by atoms with E-state index in [9.17, 15) is 4.79 Å². The number of halogens is 1. The minimum atomic E-state index is -0.000649. The lowest BCUT2D eigenvalue weighted by atomic mass is 9.83. The lowest BCUT2D eigenvalue weighted by molar-refractivity contribution is 0.101. The first-order chi connectivity index (χ1) is 16.0. The zero-order valence-corrected chi connectivity index (χ0v) is 20.0. The molecule has 33 heavy (non-hydrogen) atoms. The van der Waals surface area contributed by atoms with E-state index in [0.29, 0.717) is 28.7 Å². The first-order valence-corrected chi connectivity index (χ1v) is 12.3. The average molecular weight is 479 g/mol. The molecular weight excluding hydrogens is 456 g/mol. The van der Waals surface area contributed by atoms with Gasteiger partial charge in [0, 0.05) is 37.5 Å². The van der Waals surface area contributed by atoms with Gasteiger partial charge in [0.25, 0.3) is 6.01 Å². The Kier molecular flexibility index (Phi) is 4.92. The Morgan fingerprint density at radius 3 is 2.88 bits per heavy atom. The first-order valence-electron chi connectivity index (χ1n) is 11.1. The molecule has 0 N–H and O–H groups in total. The number of piperidine rings is 1. The van der Waals surface area contributed by atoms with E-state index in [1.807, 2.05) is 24.3 Å². The maximum atomic E-state index is 12.4. The molecule has 0 saturated carbocycles. The Hall–Kier alpha value is -2.90. The second-order valence-electron chi connectivity index (χ2n) is 8.92.